The molecule has 3 atom stereocenters. The third-order valence-corrected chi connectivity index (χ3v) is 3.36. The molecule has 1 fully saturated rings. The van der Waals surface area contributed by atoms with Crippen molar-refractivity contribution in [3.63, 3.8) is 0 Å². The Bertz CT molecular complexity index is 364. The second-order valence-corrected chi connectivity index (χ2v) is 6.05. The standard InChI is InChI=1S/C14H24F2O3/c1-7-14(17,11(15)16)10-13(6,8-9(2)3)19-12(4,5)18-10/h8,10-11,17H,7H2,1-6H3/t10-,13-,14+/m0/s1. The van der Waals surface area contributed by atoms with Crippen LogP contribution in [0, 0.1) is 0 Å². The minimum absolute atomic E-state index is 0.110. The number of allylic oxidation sites excluding steroid dienone is 1. The van der Waals surface area contributed by atoms with E-state index in [-0.39, 0.29) is 6.42 Å². The third kappa shape index (κ3) is 3.15. The second kappa shape index (κ2) is 5.11. The number of alkyl halides is 2. The van der Waals surface area contributed by atoms with Gasteiger partial charge in [-0.2, -0.15) is 0 Å². The van der Waals surface area contributed by atoms with Crippen LogP contribution in [0.1, 0.15) is 48.0 Å². The summed E-state index contributed by atoms with van der Waals surface area (Å²) in [6, 6.07) is 0. The molecule has 1 aliphatic rings. The molecule has 5 heteroatoms. The van der Waals surface area contributed by atoms with E-state index in [1.807, 2.05) is 13.8 Å². The Morgan fingerprint density at radius 2 is 1.89 bits per heavy atom. The Hall–Kier alpha value is -0.520. The summed E-state index contributed by atoms with van der Waals surface area (Å²) in [4.78, 5) is 0. The summed E-state index contributed by atoms with van der Waals surface area (Å²) in [5, 5.41) is 10.3. The molecule has 1 heterocycles. The van der Waals surface area contributed by atoms with Crippen molar-refractivity contribution in [2.45, 2.75) is 77.5 Å². The van der Waals surface area contributed by atoms with Crippen LogP contribution in [0.2, 0.25) is 0 Å². The zero-order valence-corrected chi connectivity index (χ0v) is 12.5. The van der Waals surface area contributed by atoms with Crippen molar-refractivity contribution in [3.8, 4) is 0 Å². The van der Waals surface area contributed by atoms with Gasteiger partial charge in [-0.25, -0.2) is 8.78 Å². The molecular weight excluding hydrogens is 254 g/mol. The zero-order chi connectivity index (χ0) is 15.1. The van der Waals surface area contributed by atoms with E-state index >= 15 is 0 Å². The van der Waals surface area contributed by atoms with E-state index in [2.05, 4.69) is 0 Å². The highest BCUT2D eigenvalue weighted by atomic mass is 19.3. The van der Waals surface area contributed by atoms with Crippen LogP contribution in [0.5, 0.6) is 0 Å². The molecule has 0 aromatic heterocycles. The van der Waals surface area contributed by atoms with E-state index in [9.17, 15) is 13.9 Å². The van der Waals surface area contributed by atoms with Crippen LogP contribution in [-0.2, 0) is 9.47 Å². The van der Waals surface area contributed by atoms with E-state index in [1.165, 1.54) is 6.92 Å². The molecule has 0 aliphatic carbocycles. The molecule has 0 amide bonds. The van der Waals surface area contributed by atoms with Crippen LogP contribution in [0.25, 0.3) is 0 Å². The molecule has 3 nitrogen and oxygen atoms in total. The molecule has 0 aromatic carbocycles. The number of halogens is 2. The average Bonchev–Trinajstić information content (AvgIpc) is 2.46. The lowest BCUT2D eigenvalue weighted by atomic mass is 9.82. The minimum atomic E-state index is -2.90. The van der Waals surface area contributed by atoms with Gasteiger partial charge in [0, 0.05) is 0 Å². The topological polar surface area (TPSA) is 38.7 Å². The van der Waals surface area contributed by atoms with Gasteiger partial charge < -0.3 is 14.6 Å². The molecule has 1 rings (SSSR count). The number of hydrogen-bond donors (Lipinski definition) is 1. The van der Waals surface area contributed by atoms with Gasteiger partial charge in [0.2, 0.25) is 0 Å². The molecule has 0 bridgehead atoms. The molecule has 1 aliphatic heterocycles. The van der Waals surface area contributed by atoms with Gasteiger partial charge in [-0.05, 0) is 41.0 Å². The van der Waals surface area contributed by atoms with Crippen LogP contribution in [0.15, 0.2) is 11.6 Å². The van der Waals surface area contributed by atoms with Crippen LogP contribution < -0.4 is 0 Å². The van der Waals surface area contributed by atoms with Crippen LogP contribution in [0.4, 0.5) is 8.78 Å². The van der Waals surface area contributed by atoms with Crippen molar-refractivity contribution in [2.24, 2.45) is 0 Å². The average molecular weight is 278 g/mol. The van der Waals surface area contributed by atoms with Crippen LogP contribution >= 0.6 is 0 Å². The quantitative estimate of drug-likeness (QED) is 0.802. The molecule has 0 saturated carbocycles. The van der Waals surface area contributed by atoms with Gasteiger partial charge in [0.15, 0.2) is 11.4 Å². The predicted octanol–water partition coefficient (Wildman–Crippen LogP) is 3.27. The van der Waals surface area contributed by atoms with E-state index < -0.39 is 29.5 Å². The van der Waals surface area contributed by atoms with Gasteiger partial charge in [-0.15, -0.1) is 0 Å². The lowest BCUT2D eigenvalue weighted by molar-refractivity contribution is -0.202. The summed E-state index contributed by atoms with van der Waals surface area (Å²) in [5.41, 5.74) is -2.39. The first-order valence-corrected chi connectivity index (χ1v) is 6.51. The van der Waals surface area contributed by atoms with E-state index in [1.54, 1.807) is 26.8 Å². The predicted molar refractivity (Wildman–Crippen MR) is 69.1 cm³/mol. The largest absolute Gasteiger partial charge is 0.381 e. The molecule has 0 spiro atoms. The Morgan fingerprint density at radius 3 is 2.26 bits per heavy atom. The molecule has 112 valence electrons. The maximum atomic E-state index is 13.3. The lowest BCUT2D eigenvalue weighted by Gasteiger charge is -2.37. The molecule has 19 heavy (non-hydrogen) atoms. The van der Waals surface area contributed by atoms with Gasteiger partial charge in [0.25, 0.3) is 6.43 Å². The molecule has 0 unspecified atom stereocenters. The lowest BCUT2D eigenvalue weighted by Crippen LogP contribution is -2.56. The summed E-state index contributed by atoms with van der Waals surface area (Å²) < 4.78 is 37.9. The zero-order valence-electron chi connectivity index (χ0n) is 12.5. The normalized spacial score (nSPS) is 33.3. The van der Waals surface area contributed by atoms with Crippen molar-refractivity contribution in [2.75, 3.05) is 0 Å². The first kappa shape index (κ1) is 16.5. The third-order valence-electron chi connectivity index (χ3n) is 3.36. The van der Waals surface area contributed by atoms with Crippen molar-refractivity contribution in [1.82, 2.24) is 0 Å². The number of ether oxygens (including phenoxy) is 2. The smallest absolute Gasteiger partial charge is 0.269 e. The monoisotopic (exact) mass is 278 g/mol. The van der Waals surface area contributed by atoms with Crippen molar-refractivity contribution < 1.29 is 23.4 Å². The van der Waals surface area contributed by atoms with Crippen LogP contribution in [-0.4, -0.2) is 34.6 Å². The number of hydrogen-bond acceptors (Lipinski definition) is 3. The second-order valence-electron chi connectivity index (χ2n) is 6.05. The van der Waals surface area contributed by atoms with E-state index in [0.717, 1.165) is 5.57 Å². The summed E-state index contributed by atoms with van der Waals surface area (Å²) in [6.07, 6.45) is -2.39. The van der Waals surface area contributed by atoms with Gasteiger partial charge in [0.1, 0.15) is 11.7 Å². The van der Waals surface area contributed by atoms with Crippen molar-refractivity contribution >= 4 is 0 Å². The van der Waals surface area contributed by atoms with Crippen molar-refractivity contribution in [1.29, 1.82) is 0 Å². The molecular formula is C14H24F2O3. The Balaban J connectivity index is 3.26. The fourth-order valence-corrected chi connectivity index (χ4v) is 2.74. The minimum Gasteiger partial charge on any atom is -0.381 e. The number of aliphatic hydroxyl groups is 1. The van der Waals surface area contributed by atoms with Gasteiger partial charge in [0.05, 0.1) is 0 Å². The maximum Gasteiger partial charge on any atom is 0.269 e. The summed E-state index contributed by atoms with van der Waals surface area (Å²) in [5.74, 6) is -1.01. The van der Waals surface area contributed by atoms with Gasteiger partial charge in [-0.1, -0.05) is 18.6 Å². The fourth-order valence-electron chi connectivity index (χ4n) is 2.74. The summed E-state index contributed by atoms with van der Waals surface area (Å²) >= 11 is 0. The molecule has 1 saturated heterocycles. The van der Waals surface area contributed by atoms with E-state index in [0.29, 0.717) is 0 Å². The summed E-state index contributed by atoms with van der Waals surface area (Å²) in [6.45, 7) is 10.2. The highest BCUT2D eigenvalue weighted by molar-refractivity contribution is 5.17. The van der Waals surface area contributed by atoms with Gasteiger partial charge in [-0.3, -0.25) is 0 Å². The van der Waals surface area contributed by atoms with Crippen molar-refractivity contribution in [3.05, 3.63) is 11.6 Å². The first-order chi connectivity index (χ1) is 8.47. The van der Waals surface area contributed by atoms with Gasteiger partial charge >= 0.3 is 0 Å². The molecule has 0 aromatic rings. The van der Waals surface area contributed by atoms with Crippen LogP contribution in [0.3, 0.4) is 0 Å². The highest BCUT2D eigenvalue weighted by Gasteiger charge is 2.60. The number of rotatable bonds is 4. The fraction of sp³-hybridized carbons (Fsp3) is 0.857. The Labute approximate surface area is 113 Å². The molecule has 0 radical (unpaired) electrons. The Kier molecular flexibility index (Phi) is 4.45. The van der Waals surface area contributed by atoms with E-state index in [4.69, 9.17) is 9.47 Å². The molecule has 1 N–H and O–H groups in total. The highest BCUT2D eigenvalue weighted by Crippen LogP contribution is 2.45. The first-order valence-electron chi connectivity index (χ1n) is 6.51. The summed E-state index contributed by atoms with van der Waals surface area (Å²) in [7, 11) is 0. The maximum absolute atomic E-state index is 13.3. The SMILES string of the molecule is CC[C@](O)(C(F)F)[C@H]1OC(C)(C)O[C@@]1(C)C=C(C)C. The Morgan fingerprint density at radius 1 is 1.37 bits per heavy atom.